The first-order valence-corrected chi connectivity index (χ1v) is 11.7. The third-order valence-corrected chi connectivity index (χ3v) is 6.66. The number of rotatable bonds is 5. The molecular weight excluding hydrogens is 464 g/mol. The summed E-state index contributed by atoms with van der Waals surface area (Å²) in [5, 5.41) is 33.2. The summed E-state index contributed by atoms with van der Waals surface area (Å²) in [6.45, 7) is 10.9. The van der Waals surface area contributed by atoms with Gasteiger partial charge in [0.15, 0.2) is 0 Å². The van der Waals surface area contributed by atoms with Crippen LogP contribution in [0.4, 0.5) is 0 Å². The molecule has 0 aliphatic heterocycles. The average Bonchev–Trinajstić information content (AvgIpc) is 2.78. The molecule has 188 valence electrons. The zero-order valence-electron chi connectivity index (χ0n) is 20.9. The highest BCUT2D eigenvalue weighted by Gasteiger charge is 2.37. The summed E-state index contributed by atoms with van der Waals surface area (Å²) in [5.41, 5.74) is -0.869. The molecule has 0 bridgehead atoms. The van der Waals surface area contributed by atoms with E-state index in [1.165, 1.54) is 0 Å². The van der Waals surface area contributed by atoms with Crippen LogP contribution < -0.4 is 11.3 Å². The number of aryl methyl sites for hydroxylation is 2. The fourth-order valence-electron chi connectivity index (χ4n) is 4.78. The summed E-state index contributed by atoms with van der Waals surface area (Å²) in [6, 6.07) is 7.02. The maximum Gasteiger partial charge on any atom is 0.344 e. The van der Waals surface area contributed by atoms with Crippen LogP contribution >= 0.6 is 0 Å². The van der Waals surface area contributed by atoms with E-state index in [0.717, 1.165) is 0 Å². The van der Waals surface area contributed by atoms with Crippen molar-refractivity contribution in [1.82, 2.24) is 0 Å². The largest absolute Gasteiger partial charge is 0.507 e. The molecule has 36 heavy (non-hydrogen) atoms. The molecule has 0 fully saturated rings. The molecule has 4 rings (SSSR count). The Morgan fingerprint density at radius 3 is 1.39 bits per heavy atom. The van der Waals surface area contributed by atoms with Crippen LogP contribution in [0.5, 0.6) is 11.5 Å². The number of hydrogen-bond donors (Lipinski definition) is 3. The third kappa shape index (κ3) is 3.73. The van der Waals surface area contributed by atoms with Crippen molar-refractivity contribution >= 4 is 27.9 Å². The molecule has 0 spiro atoms. The van der Waals surface area contributed by atoms with Crippen LogP contribution in [0.2, 0.25) is 0 Å². The highest BCUT2D eigenvalue weighted by Crippen LogP contribution is 2.43. The van der Waals surface area contributed by atoms with Crippen LogP contribution in [0.3, 0.4) is 0 Å². The number of benzene rings is 2. The van der Waals surface area contributed by atoms with Crippen LogP contribution in [0.25, 0.3) is 21.9 Å². The molecule has 0 saturated carbocycles. The van der Waals surface area contributed by atoms with Gasteiger partial charge in [-0.2, -0.15) is 0 Å². The molecule has 2 aromatic carbocycles. The van der Waals surface area contributed by atoms with Gasteiger partial charge in [-0.05, 0) is 47.9 Å². The molecule has 3 N–H and O–H groups in total. The first-order chi connectivity index (χ1) is 16.9. The minimum atomic E-state index is -2.03. The number of carbonyl (C=O) groups is 1. The Labute approximate surface area is 206 Å². The van der Waals surface area contributed by atoms with Crippen molar-refractivity contribution in [3.63, 3.8) is 0 Å². The summed E-state index contributed by atoms with van der Waals surface area (Å²) in [5.74, 6) is -5.07. The monoisotopic (exact) mass is 492 g/mol. The lowest BCUT2D eigenvalue weighted by Gasteiger charge is -2.19. The SMILES string of the molecule is Cc1ccc(C(C)C)c2c(O)c(C(C(=O)O)c3c(O)c4c(C(C)C)ccc(C)c4oc3=O)c(=O)oc12. The van der Waals surface area contributed by atoms with Gasteiger partial charge in [-0.15, -0.1) is 0 Å². The summed E-state index contributed by atoms with van der Waals surface area (Å²) in [7, 11) is 0. The predicted octanol–water partition coefficient (Wildman–Crippen LogP) is 5.39. The van der Waals surface area contributed by atoms with E-state index in [2.05, 4.69) is 0 Å². The minimum absolute atomic E-state index is 0.0986. The first-order valence-electron chi connectivity index (χ1n) is 11.7. The molecule has 2 aromatic heterocycles. The molecule has 0 radical (unpaired) electrons. The molecule has 8 heteroatoms. The van der Waals surface area contributed by atoms with Gasteiger partial charge in [0.25, 0.3) is 0 Å². The van der Waals surface area contributed by atoms with Crippen LogP contribution in [0.15, 0.2) is 42.7 Å². The topological polar surface area (TPSA) is 138 Å². The normalized spacial score (nSPS) is 11.9. The second-order valence-corrected chi connectivity index (χ2v) is 9.74. The van der Waals surface area contributed by atoms with Gasteiger partial charge in [0.05, 0.1) is 21.9 Å². The number of fused-ring (bicyclic) bond motifs is 2. The zero-order chi connectivity index (χ0) is 26.6. The minimum Gasteiger partial charge on any atom is -0.507 e. The van der Waals surface area contributed by atoms with Crippen molar-refractivity contribution in [2.45, 2.75) is 59.3 Å². The van der Waals surface area contributed by atoms with Crippen LogP contribution in [-0.4, -0.2) is 21.3 Å². The summed E-state index contributed by atoms with van der Waals surface area (Å²) in [4.78, 5) is 38.8. The molecular formula is C28H28O8. The summed E-state index contributed by atoms with van der Waals surface area (Å²) >= 11 is 0. The average molecular weight is 493 g/mol. The second kappa shape index (κ2) is 8.86. The number of carboxylic acid groups (broad SMARTS) is 1. The smallest absolute Gasteiger partial charge is 0.344 e. The van der Waals surface area contributed by atoms with Gasteiger partial charge in [0.1, 0.15) is 28.6 Å². The van der Waals surface area contributed by atoms with Crippen molar-refractivity contribution < 1.29 is 28.9 Å². The number of aliphatic carboxylic acids is 1. The Morgan fingerprint density at radius 2 is 1.08 bits per heavy atom. The van der Waals surface area contributed by atoms with Gasteiger partial charge < -0.3 is 24.2 Å². The molecule has 4 aromatic rings. The Hall–Kier alpha value is -4.07. The van der Waals surface area contributed by atoms with Crippen molar-refractivity contribution in [1.29, 1.82) is 0 Å². The Kier molecular flexibility index (Phi) is 6.16. The first kappa shape index (κ1) is 25.0. The maximum atomic E-state index is 13.1. The van der Waals surface area contributed by atoms with E-state index in [9.17, 15) is 29.7 Å². The number of hydrogen-bond acceptors (Lipinski definition) is 7. The van der Waals surface area contributed by atoms with E-state index >= 15 is 0 Å². The van der Waals surface area contributed by atoms with Gasteiger partial charge >= 0.3 is 17.2 Å². The Bertz CT molecular complexity index is 1540. The Balaban J connectivity index is 2.17. The van der Waals surface area contributed by atoms with E-state index in [1.807, 2.05) is 27.7 Å². The summed E-state index contributed by atoms with van der Waals surface area (Å²) in [6.07, 6.45) is 0. The molecule has 0 aliphatic rings. The lowest BCUT2D eigenvalue weighted by molar-refractivity contribution is -0.137. The molecule has 0 aliphatic carbocycles. The van der Waals surface area contributed by atoms with Gasteiger partial charge in [0.2, 0.25) is 0 Å². The quantitative estimate of drug-likeness (QED) is 0.315. The third-order valence-electron chi connectivity index (χ3n) is 6.66. The van der Waals surface area contributed by atoms with Gasteiger partial charge in [-0.3, -0.25) is 4.79 Å². The van der Waals surface area contributed by atoms with E-state index in [1.54, 1.807) is 38.1 Å². The van der Waals surface area contributed by atoms with E-state index in [0.29, 0.717) is 22.3 Å². The molecule has 0 saturated heterocycles. The number of carboxylic acids is 1. The standard InChI is InChI=1S/C28H28O8/c1-11(2)15-9-7-13(5)24-17(15)22(29)20(27(33)35-24)19(26(31)32)21-23(30)18-16(12(3)4)10-8-14(6)25(18)36-28(21)34/h7-12,19,29-30H,1-6H3,(H,31,32). The van der Waals surface area contributed by atoms with Crippen molar-refractivity contribution in [2.24, 2.45) is 0 Å². The fraction of sp³-hybridized carbons (Fsp3) is 0.321. The van der Waals surface area contributed by atoms with Gasteiger partial charge in [-0.25, -0.2) is 9.59 Å². The molecule has 2 heterocycles. The van der Waals surface area contributed by atoms with Crippen LogP contribution in [0.1, 0.15) is 78.8 Å². The maximum absolute atomic E-state index is 13.1. The van der Waals surface area contributed by atoms with Crippen molar-refractivity contribution in [3.05, 3.63) is 78.5 Å². The summed E-state index contributed by atoms with van der Waals surface area (Å²) < 4.78 is 11.0. The molecule has 0 unspecified atom stereocenters. The zero-order valence-corrected chi connectivity index (χ0v) is 20.9. The second-order valence-electron chi connectivity index (χ2n) is 9.74. The Morgan fingerprint density at radius 1 is 0.722 bits per heavy atom. The van der Waals surface area contributed by atoms with Gasteiger partial charge in [0, 0.05) is 0 Å². The number of aromatic hydroxyl groups is 2. The molecule has 0 atom stereocenters. The van der Waals surface area contributed by atoms with E-state index < -0.39 is 45.8 Å². The highest BCUT2D eigenvalue weighted by molar-refractivity contribution is 5.95. The van der Waals surface area contributed by atoms with E-state index in [4.69, 9.17) is 8.83 Å². The van der Waals surface area contributed by atoms with Crippen LogP contribution in [-0.2, 0) is 4.79 Å². The molecule has 0 amide bonds. The van der Waals surface area contributed by atoms with Gasteiger partial charge in [-0.1, -0.05) is 52.0 Å². The van der Waals surface area contributed by atoms with Crippen LogP contribution in [0, 0.1) is 13.8 Å². The highest BCUT2D eigenvalue weighted by atomic mass is 16.4. The van der Waals surface area contributed by atoms with E-state index in [-0.39, 0.29) is 33.8 Å². The fourth-order valence-corrected chi connectivity index (χ4v) is 4.78. The van der Waals surface area contributed by atoms with Crippen molar-refractivity contribution in [2.75, 3.05) is 0 Å². The molecule has 8 nitrogen and oxygen atoms in total. The lowest BCUT2D eigenvalue weighted by atomic mass is 9.87. The van der Waals surface area contributed by atoms with Crippen molar-refractivity contribution in [3.8, 4) is 11.5 Å². The predicted molar refractivity (Wildman–Crippen MR) is 135 cm³/mol. The lowest BCUT2D eigenvalue weighted by Crippen LogP contribution is -2.26.